The molecule has 5 aliphatic rings. The van der Waals surface area contributed by atoms with Crippen LogP contribution in [0.4, 0.5) is 0 Å². The molecule has 0 spiro atoms. The van der Waals surface area contributed by atoms with E-state index >= 15 is 0 Å². The van der Waals surface area contributed by atoms with E-state index in [0.29, 0.717) is 30.1 Å². The van der Waals surface area contributed by atoms with Gasteiger partial charge in [0.1, 0.15) is 12.1 Å². The molecule has 1 heterocycles. The molecule has 0 bridgehead atoms. The number of aliphatic hydroxyl groups is 1. The predicted molar refractivity (Wildman–Crippen MR) is 126 cm³/mol. The van der Waals surface area contributed by atoms with Crippen molar-refractivity contribution in [1.29, 1.82) is 0 Å². The van der Waals surface area contributed by atoms with Crippen molar-refractivity contribution in [2.45, 2.75) is 77.4 Å². The van der Waals surface area contributed by atoms with Crippen molar-refractivity contribution in [3.05, 3.63) is 24.3 Å². The number of para-hydroxylation sites is 1. The minimum absolute atomic E-state index is 0.143. The summed E-state index contributed by atoms with van der Waals surface area (Å²) in [4.78, 5) is 13.6. The molecule has 2 aromatic rings. The average Bonchev–Trinajstić information content (AvgIpc) is 3.11. The smallest absolute Gasteiger partial charge is 0.157 e. The number of hydrogen-bond acceptors (Lipinski definition) is 4. The summed E-state index contributed by atoms with van der Waals surface area (Å²) in [5.74, 6) is 5.48. The fourth-order valence-corrected chi connectivity index (χ4v) is 10.1. The van der Waals surface area contributed by atoms with E-state index in [4.69, 9.17) is 0 Å². The summed E-state index contributed by atoms with van der Waals surface area (Å²) in [5, 5.41) is 19.5. The number of carbonyl (C=O) groups is 1. The van der Waals surface area contributed by atoms with Crippen molar-refractivity contribution < 1.29 is 9.90 Å². The van der Waals surface area contributed by atoms with Crippen LogP contribution in [0.1, 0.15) is 65.2 Å². The van der Waals surface area contributed by atoms with Crippen LogP contribution in [0, 0.1) is 52.8 Å². The zero-order chi connectivity index (χ0) is 22.5. The first-order chi connectivity index (χ1) is 15.9. The number of benzene rings is 1. The summed E-state index contributed by atoms with van der Waals surface area (Å²) in [6.07, 6.45) is 9.62. The van der Waals surface area contributed by atoms with Gasteiger partial charge in [0, 0.05) is 5.92 Å². The number of fused-ring (bicyclic) bond motifs is 8. The van der Waals surface area contributed by atoms with Crippen molar-refractivity contribution >= 4 is 16.8 Å². The normalized spacial score (nSPS) is 48.0. The predicted octanol–water partition coefficient (Wildman–Crippen LogP) is 4.88. The van der Waals surface area contributed by atoms with Gasteiger partial charge in [-0.05, 0) is 110 Å². The molecule has 5 saturated carbocycles. The molecule has 10 atom stereocenters. The van der Waals surface area contributed by atoms with Crippen LogP contribution in [0.25, 0.3) is 11.0 Å². The Morgan fingerprint density at radius 1 is 1.03 bits per heavy atom. The summed E-state index contributed by atoms with van der Waals surface area (Å²) in [6.45, 7) is 5.07. The van der Waals surface area contributed by atoms with Gasteiger partial charge in [-0.25, -0.2) is 4.68 Å². The van der Waals surface area contributed by atoms with Crippen LogP contribution in [-0.2, 0) is 11.3 Å². The molecule has 1 N–H and O–H groups in total. The van der Waals surface area contributed by atoms with Gasteiger partial charge < -0.3 is 5.11 Å². The van der Waals surface area contributed by atoms with Crippen LogP contribution in [0.15, 0.2) is 24.3 Å². The Balaban J connectivity index is 1.10. The number of rotatable bonds is 3. The van der Waals surface area contributed by atoms with Crippen LogP contribution in [0.2, 0.25) is 0 Å². The second kappa shape index (κ2) is 6.90. The molecule has 5 heteroatoms. The Morgan fingerprint density at radius 2 is 1.79 bits per heavy atom. The third kappa shape index (κ3) is 2.72. The van der Waals surface area contributed by atoms with Crippen LogP contribution in [0.5, 0.6) is 0 Å². The number of Topliss-reactive ketones (excluding diaryl/α,β-unsaturated/α-hetero) is 1. The summed E-state index contributed by atoms with van der Waals surface area (Å²) in [5.41, 5.74) is 1.64. The molecular weight excluding hydrogens is 410 g/mol. The first kappa shape index (κ1) is 20.6. The van der Waals surface area contributed by atoms with Gasteiger partial charge in [0.2, 0.25) is 0 Å². The lowest BCUT2D eigenvalue weighted by molar-refractivity contribution is -0.131. The quantitative estimate of drug-likeness (QED) is 0.728. The van der Waals surface area contributed by atoms with E-state index in [1.54, 1.807) is 0 Å². The number of nitrogens with zero attached hydrogens (tertiary/aromatic N) is 3. The van der Waals surface area contributed by atoms with E-state index in [2.05, 4.69) is 24.2 Å². The molecule has 0 radical (unpaired) electrons. The lowest BCUT2D eigenvalue weighted by Gasteiger charge is -2.56. The molecule has 33 heavy (non-hydrogen) atoms. The van der Waals surface area contributed by atoms with Gasteiger partial charge in [0.05, 0.1) is 11.1 Å². The van der Waals surface area contributed by atoms with Gasteiger partial charge in [-0.1, -0.05) is 31.2 Å². The Kier molecular flexibility index (Phi) is 4.31. The molecule has 5 fully saturated rings. The fourth-order valence-electron chi connectivity index (χ4n) is 10.1. The fraction of sp³-hybridized carbons (Fsp3) is 0.750. The molecule has 0 saturated heterocycles. The summed E-state index contributed by atoms with van der Waals surface area (Å²) < 4.78 is 1.81. The molecule has 10 unspecified atom stereocenters. The molecule has 0 aliphatic heterocycles. The third-order valence-electron chi connectivity index (χ3n) is 11.7. The standard InChI is InChI=1S/C28H37N3O2/c1-16-26-20-8-7-19-17(18(20)12-14-28(16,26)33)11-13-27(2)21(19)9-10-22(27)25(32)15-31-24-6-4-3-5-23(24)29-30-31/h3-6,16-22,26,33H,7-15H2,1-2H3. The zero-order valence-electron chi connectivity index (χ0n) is 20.0. The number of ketones is 1. The molecular formula is C28H37N3O2. The van der Waals surface area contributed by atoms with Crippen molar-refractivity contribution in [2.75, 3.05) is 0 Å². The number of carbonyl (C=O) groups excluding carboxylic acids is 1. The minimum Gasteiger partial charge on any atom is -0.389 e. The van der Waals surface area contributed by atoms with E-state index in [-0.39, 0.29) is 16.9 Å². The zero-order valence-corrected chi connectivity index (χ0v) is 20.0. The van der Waals surface area contributed by atoms with Crippen LogP contribution >= 0.6 is 0 Å². The highest BCUT2D eigenvalue weighted by Gasteiger charge is 2.69. The molecule has 5 nitrogen and oxygen atoms in total. The summed E-state index contributed by atoms with van der Waals surface area (Å²) >= 11 is 0. The van der Waals surface area contributed by atoms with Gasteiger partial charge in [0.15, 0.2) is 5.78 Å². The SMILES string of the molecule is CC1C2C3CCC4C(CCC5(C)C(C(=O)Cn6nnc7ccccc76)CCC45)C3CCC12O. The molecule has 1 aromatic heterocycles. The maximum Gasteiger partial charge on any atom is 0.157 e. The molecule has 176 valence electrons. The Labute approximate surface area is 196 Å². The number of aromatic nitrogens is 3. The monoisotopic (exact) mass is 447 g/mol. The highest BCUT2D eigenvalue weighted by Crippen LogP contribution is 2.70. The van der Waals surface area contributed by atoms with Crippen LogP contribution in [-0.4, -0.2) is 31.5 Å². The largest absolute Gasteiger partial charge is 0.389 e. The maximum atomic E-state index is 13.6. The van der Waals surface area contributed by atoms with E-state index in [9.17, 15) is 9.90 Å². The lowest BCUT2D eigenvalue weighted by atomic mass is 9.49. The van der Waals surface area contributed by atoms with Gasteiger partial charge >= 0.3 is 0 Å². The topological polar surface area (TPSA) is 68.0 Å². The number of hydrogen-bond donors (Lipinski definition) is 1. The van der Waals surface area contributed by atoms with Crippen LogP contribution < -0.4 is 0 Å². The van der Waals surface area contributed by atoms with E-state index in [1.165, 1.54) is 38.5 Å². The second-order valence-electron chi connectivity index (χ2n) is 12.6. The van der Waals surface area contributed by atoms with Crippen molar-refractivity contribution in [3.63, 3.8) is 0 Å². The third-order valence-corrected chi connectivity index (χ3v) is 11.7. The first-order valence-corrected chi connectivity index (χ1v) is 13.4. The van der Waals surface area contributed by atoms with Gasteiger partial charge in [-0.3, -0.25) is 4.79 Å². The first-order valence-electron chi connectivity index (χ1n) is 13.4. The second-order valence-corrected chi connectivity index (χ2v) is 12.6. The van der Waals surface area contributed by atoms with Crippen molar-refractivity contribution in [1.82, 2.24) is 15.0 Å². The molecule has 5 aliphatic carbocycles. The molecule has 0 amide bonds. The maximum absolute atomic E-state index is 13.6. The minimum atomic E-state index is -0.326. The van der Waals surface area contributed by atoms with Crippen LogP contribution in [0.3, 0.4) is 0 Å². The highest BCUT2D eigenvalue weighted by molar-refractivity contribution is 5.84. The molecule has 1 aromatic carbocycles. The Bertz CT molecular complexity index is 1110. The van der Waals surface area contributed by atoms with E-state index in [0.717, 1.165) is 47.5 Å². The Morgan fingerprint density at radius 3 is 2.67 bits per heavy atom. The van der Waals surface area contributed by atoms with Gasteiger partial charge in [-0.15, -0.1) is 5.10 Å². The summed E-state index contributed by atoms with van der Waals surface area (Å²) in [7, 11) is 0. The summed E-state index contributed by atoms with van der Waals surface area (Å²) in [6, 6.07) is 7.93. The van der Waals surface area contributed by atoms with E-state index < -0.39 is 0 Å². The Hall–Kier alpha value is -1.75. The van der Waals surface area contributed by atoms with E-state index in [1.807, 2.05) is 28.9 Å². The lowest BCUT2D eigenvalue weighted by Crippen LogP contribution is -2.50. The highest BCUT2D eigenvalue weighted by atomic mass is 16.3. The van der Waals surface area contributed by atoms with Gasteiger partial charge in [0.25, 0.3) is 0 Å². The van der Waals surface area contributed by atoms with Gasteiger partial charge in [-0.2, -0.15) is 0 Å². The van der Waals surface area contributed by atoms with Crippen molar-refractivity contribution in [2.24, 2.45) is 52.8 Å². The average molecular weight is 448 g/mol. The van der Waals surface area contributed by atoms with Crippen molar-refractivity contribution in [3.8, 4) is 0 Å². The molecule has 7 rings (SSSR count).